The number of hydrogen-bond acceptors (Lipinski definition) is 3. The first-order valence-electron chi connectivity index (χ1n) is 9.34. The summed E-state index contributed by atoms with van der Waals surface area (Å²) in [7, 11) is 0. The summed E-state index contributed by atoms with van der Waals surface area (Å²) in [6, 6.07) is 6.29. The van der Waals surface area contributed by atoms with Crippen LogP contribution in [0.15, 0.2) is 24.3 Å². The quantitative estimate of drug-likeness (QED) is 0.894. The zero-order chi connectivity index (χ0) is 18.4. The fourth-order valence-corrected chi connectivity index (χ4v) is 3.50. The monoisotopic (exact) mass is 363 g/mol. The average molecular weight is 363 g/mol. The van der Waals surface area contributed by atoms with E-state index in [1.54, 1.807) is 21.9 Å². The SMILES string of the molecule is O=C(COc1ccccc1F)N1CCCN(C(=O)NC2CCCC2)CC1. The molecule has 1 aliphatic carbocycles. The predicted molar refractivity (Wildman–Crippen MR) is 95.5 cm³/mol. The number of urea groups is 1. The van der Waals surface area contributed by atoms with Gasteiger partial charge in [-0.3, -0.25) is 4.79 Å². The highest BCUT2D eigenvalue weighted by Gasteiger charge is 2.25. The average Bonchev–Trinajstić information content (AvgIpc) is 3.02. The number of rotatable bonds is 4. The Morgan fingerprint density at radius 2 is 1.73 bits per heavy atom. The minimum atomic E-state index is -0.481. The van der Waals surface area contributed by atoms with Crippen LogP contribution in [0, 0.1) is 5.82 Å². The van der Waals surface area contributed by atoms with Gasteiger partial charge in [0.2, 0.25) is 0 Å². The van der Waals surface area contributed by atoms with E-state index in [4.69, 9.17) is 4.74 Å². The standard InChI is InChI=1S/C19H26FN3O3/c20-16-8-3-4-9-17(16)26-14-18(24)22-10-5-11-23(13-12-22)19(25)21-15-6-1-2-7-15/h3-4,8-9,15H,1-2,5-7,10-14H2,(H,21,25). The summed E-state index contributed by atoms with van der Waals surface area (Å²) in [5.74, 6) is -0.592. The first kappa shape index (κ1) is 18.5. The first-order chi connectivity index (χ1) is 12.6. The second kappa shape index (κ2) is 8.87. The highest BCUT2D eigenvalue weighted by Crippen LogP contribution is 2.18. The molecule has 2 aliphatic rings. The number of nitrogens with one attached hydrogen (secondary N) is 1. The van der Waals surface area contributed by atoms with Crippen molar-refractivity contribution in [3.8, 4) is 5.75 Å². The van der Waals surface area contributed by atoms with Crippen LogP contribution in [-0.2, 0) is 4.79 Å². The molecule has 0 radical (unpaired) electrons. The van der Waals surface area contributed by atoms with Gasteiger partial charge in [0.25, 0.3) is 5.91 Å². The van der Waals surface area contributed by atoms with Crippen LogP contribution in [0.4, 0.5) is 9.18 Å². The lowest BCUT2D eigenvalue weighted by Gasteiger charge is -2.24. The minimum Gasteiger partial charge on any atom is -0.481 e. The highest BCUT2D eigenvalue weighted by molar-refractivity contribution is 5.78. The zero-order valence-corrected chi connectivity index (χ0v) is 15.0. The number of carbonyl (C=O) groups excluding carboxylic acids is 2. The molecule has 1 saturated carbocycles. The molecule has 0 aromatic heterocycles. The first-order valence-corrected chi connectivity index (χ1v) is 9.34. The van der Waals surface area contributed by atoms with Gasteiger partial charge in [-0.25, -0.2) is 9.18 Å². The van der Waals surface area contributed by atoms with Crippen molar-refractivity contribution < 1.29 is 18.7 Å². The van der Waals surface area contributed by atoms with E-state index < -0.39 is 5.82 Å². The van der Waals surface area contributed by atoms with Crippen molar-refractivity contribution in [2.24, 2.45) is 0 Å². The van der Waals surface area contributed by atoms with Gasteiger partial charge in [-0.2, -0.15) is 0 Å². The van der Waals surface area contributed by atoms with Crippen LogP contribution in [0.5, 0.6) is 5.75 Å². The summed E-state index contributed by atoms with van der Waals surface area (Å²) < 4.78 is 18.8. The molecule has 3 rings (SSSR count). The molecule has 0 spiro atoms. The third kappa shape index (κ3) is 4.86. The molecule has 142 valence electrons. The van der Waals surface area contributed by atoms with E-state index in [0.717, 1.165) is 19.3 Å². The number of benzene rings is 1. The fourth-order valence-electron chi connectivity index (χ4n) is 3.50. The topological polar surface area (TPSA) is 61.9 Å². The van der Waals surface area contributed by atoms with Crippen LogP contribution in [0.1, 0.15) is 32.1 Å². The Balaban J connectivity index is 1.46. The highest BCUT2D eigenvalue weighted by atomic mass is 19.1. The van der Waals surface area contributed by atoms with Crippen molar-refractivity contribution >= 4 is 11.9 Å². The molecule has 26 heavy (non-hydrogen) atoms. The van der Waals surface area contributed by atoms with Crippen molar-refractivity contribution in [1.29, 1.82) is 0 Å². The van der Waals surface area contributed by atoms with Gasteiger partial charge in [0.05, 0.1) is 0 Å². The summed E-state index contributed by atoms with van der Waals surface area (Å²) in [5.41, 5.74) is 0. The molecule has 2 fully saturated rings. The smallest absolute Gasteiger partial charge is 0.317 e. The number of para-hydroxylation sites is 1. The lowest BCUT2D eigenvalue weighted by Crippen LogP contribution is -2.46. The molecule has 1 heterocycles. The van der Waals surface area contributed by atoms with Crippen LogP contribution < -0.4 is 10.1 Å². The number of hydrogen-bond donors (Lipinski definition) is 1. The largest absolute Gasteiger partial charge is 0.481 e. The van der Waals surface area contributed by atoms with Gasteiger partial charge in [0.15, 0.2) is 18.2 Å². The molecule has 1 aliphatic heterocycles. The van der Waals surface area contributed by atoms with Gasteiger partial charge in [-0.1, -0.05) is 25.0 Å². The third-order valence-electron chi connectivity index (χ3n) is 5.01. The van der Waals surface area contributed by atoms with Crippen LogP contribution in [0.3, 0.4) is 0 Å². The van der Waals surface area contributed by atoms with E-state index in [1.165, 1.54) is 25.0 Å². The Hall–Kier alpha value is -2.31. The van der Waals surface area contributed by atoms with E-state index in [1.807, 2.05) is 0 Å². The van der Waals surface area contributed by atoms with Crippen LogP contribution in [0.25, 0.3) is 0 Å². The van der Waals surface area contributed by atoms with E-state index in [9.17, 15) is 14.0 Å². The maximum atomic E-state index is 13.6. The molecule has 7 heteroatoms. The minimum absolute atomic E-state index is 0.0335. The lowest BCUT2D eigenvalue weighted by molar-refractivity contribution is -0.133. The van der Waals surface area contributed by atoms with Gasteiger partial charge in [-0.05, 0) is 31.4 Å². The van der Waals surface area contributed by atoms with E-state index in [0.29, 0.717) is 26.2 Å². The normalized spacial score (nSPS) is 18.5. The fraction of sp³-hybridized carbons (Fsp3) is 0.579. The van der Waals surface area contributed by atoms with Crippen LogP contribution in [0.2, 0.25) is 0 Å². The Bertz CT molecular complexity index is 634. The number of nitrogens with zero attached hydrogens (tertiary/aromatic N) is 2. The Labute approximate surface area is 153 Å². The van der Waals surface area contributed by atoms with Crippen molar-refractivity contribution in [3.05, 3.63) is 30.1 Å². The number of ether oxygens (including phenoxy) is 1. The third-order valence-corrected chi connectivity index (χ3v) is 5.01. The molecule has 3 amide bonds. The zero-order valence-electron chi connectivity index (χ0n) is 15.0. The Morgan fingerprint density at radius 1 is 1.04 bits per heavy atom. The summed E-state index contributed by atoms with van der Waals surface area (Å²) >= 11 is 0. The van der Waals surface area contributed by atoms with Gasteiger partial charge in [0, 0.05) is 32.2 Å². The summed E-state index contributed by atoms with van der Waals surface area (Å²) in [5, 5.41) is 3.09. The molecule has 0 unspecified atom stereocenters. The molecule has 6 nitrogen and oxygen atoms in total. The Morgan fingerprint density at radius 3 is 2.50 bits per heavy atom. The summed E-state index contributed by atoms with van der Waals surface area (Å²) in [4.78, 5) is 28.2. The van der Waals surface area contributed by atoms with Crippen LogP contribution >= 0.6 is 0 Å². The molecule has 0 atom stereocenters. The number of carbonyl (C=O) groups is 2. The second-order valence-corrected chi connectivity index (χ2v) is 6.87. The van der Waals surface area contributed by atoms with E-state index in [2.05, 4.69) is 5.32 Å². The van der Waals surface area contributed by atoms with Gasteiger partial charge in [0.1, 0.15) is 0 Å². The van der Waals surface area contributed by atoms with E-state index in [-0.39, 0.29) is 30.3 Å². The van der Waals surface area contributed by atoms with Crippen molar-refractivity contribution in [1.82, 2.24) is 15.1 Å². The second-order valence-electron chi connectivity index (χ2n) is 6.87. The molecular formula is C19H26FN3O3. The van der Waals surface area contributed by atoms with Crippen molar-refractivity contribution in [3.63, 3.8) is 0 Å². The number of amides is 3. The Kier molecular flexibility index (Phi) is 6.30. The lowest BCUT2D eigenvalue weighted by atomic mass is 10.2. The van der Waals surface area contributed by atoms with Gasteiger partial charge < -0.3 is 19.9 Å². The van der Waals surface area contributed by atoms with Crippen LogP contribution in [-0.4, -0.2) is 60.6 Å². The molecular weight excluding hydrogens is 337 g/mol. The number of halogens is 1. The van der Waals surface area contributed by atoms with E-state index >= 15 is 0 Å². The van der Waals surface area contributed by atoms with Gasteiger partial charge >= 0.3 is 6.03 Å². The maximum absolute atomic E-state index is 13.6. The summed E-state index contributed by atoms with van der Waals surface area (Å²) in [6.45, 7) is 1.99. The predicted octanol–water partition coefficient (Wildman–Crippen LogP) is 2.39. The molecule has 1 aromatic carbocycles. The maximum Gasteiger partial charge on any atom is 0.317 e. The summed E-state index contributed by atoms with van der Waals surface area (Å²) in [6.07, 6.45) is 5.18. The molecule has 0 bridgehead atoms. The van der Waals surface area contributed by atoms with Gasteiger partial charge in [-0.15, -0.1) is 0 Å². The molecule has 1 saturated heterocycles. The molecule has 1 N–H and O–H groups in total. The molecule has 1 aromatic rings. The van der Waals surface area contributed by atoms with Crippen molar-refractivity contribution in [2.75, 3.05) is 32.8 Å². The van der Waals surface area contributed by atoms with Crippen molar-refractivity contribution in [2.45, 2.75) is 38.1 Å².